The van der Waals surface area contributed by atoms with E-state index >= 15 is 0 Å². The molecule has 0 saturated carbocycles. The summed E-state index contributed by atoms with van der Waals surface area (Å²) in [6, 6.07) is 11.6. The van der Waals surface area contributed by atoms with Crippen LogP contribution in [0.25, 0.3) is 6.08 Å². The van der Waals surface area contributed by atoms with Crippen LogP contribution in [0.15, 0.2) is 46.4 Å². The fourth-order valence-electron chi connectivity index (χ4n) is 2.27. The Bertz CT molecular complexity index is 1000. The van der Waals surface area contributed by atoms with Crippen molar-refractivity contribution >= 4 is 51.2 Å². The van der Waals surface area contributed by atoms with Crippen LogP contribution in [0.5, 0.6) is 11.5 Å². The lowest BCUT2D eigenvalue weighted by atomic mass is 10.1. The zero-order valence-electron chi connectivity index (χ0n) is 16.2. The summed E-state index contributed by atoms with van der Waals surface area (Å²) in [6.45, 7) is 1.86. The van der Waals surface area contributed by atoms with Crippen molar-refractivity contribution in [2.75, 3.05) is 25.6 Å². The molecule has 0 aliphatic rings. The molecule has 0 aliphatic heterocycles. The van der Waals surface area contributed by atoms with Crippen molar-refractivity contribution in [1.29, 1.82) is 5.26 Å². The highest BCUT2D eigenvalue weighted by Crippen LogP contribution is 2.35. The van der Waals surface area contributed by atoms with E-state index in [1.807, 2.05) is 6.07 Å². The van der Waals surface area contributed by atoms with Crippen LogP contribution in [0.4, 0.5) is 5.69 Å². The average Bonchev–Trinajstić information content (AvgIpc) is 2.74. The van der Waals surface area contributed by atoms with Crippen LogP contribution in [0.2, 0.25) is 5.02 Å². The minimum Gasteiger partial charge on any atom is -0.490 e. The van der Waals surface area contributed by atoms with Crippen molar-refractivity contribution in [3.05, 3.63) is 57.0 Å². The van der Waals surface area contributed by atoms with Gasteiger partial charge in [0.05, 0.1) is 13.7 Å². The molecule has 0 saturated heterocycles. The van der Waals surface area contributed by atoms with Crippen molar-refractivity contribution in [2.45, 2.75) is 6.92 Å². The van der Waals surface area contributed by atoms with Crippen molar-refractivity contribution in [3.63, 3.8) is 0 Å². The molecule has 0 fully saturated rings. The van der Waals surface area contributed by atoms with E-state index in [-0.39, 0.29) is 12.2 Å². The van der Waals surface area contributed by atoms with Crippen LogP contribution >= 0.6 is 27.5 Å². The number of rotatable bonds is 8. The number of halogens is 2. The number of nitrogens with zero attached hydrogens (tertiary/aromatic N) is 1. The molecule has 0 radical (unpaired) electrons. The predicted octanol–water partition coefficient (Wildman–Crippen LogP) is 4.60. The van der Waals surface area contributed by atoms with Gasteiger partial charge in [-0.15, -0.1) is 0 Å². The van der Waals surface area contributed by atoms with Crippen LogP contribution in [0.3, 0.4) is 0 Å². The Morgan fingerprint density at radius 3 is 2.47 bits per heavy atom. The second kappa shape index (κ2) is 11.2. The van der Waals surface area contributed by atoms with Crippen molar-refractivity contribution in [2.24, 2.45) is 0 Å². The van der Waals surface area contributed by atoms with Gasteiger partial charge in [-0.05, 0) is 55.0 Å². The van der Waals surface area contributed by atoms with Gasteiger partial charge < -0.3 is 19.5 Å². The lowest BCUT2D eigenvalue weighted by Crippen LogP contribution is -2.14. The molecule has 9 heteroatoms. The van der Waals surface area contributed by atoms with Gasteiger partial charge in [0.2, 0.25) is 0 Å². The van der Waals surface area contributed by atoms with Gasteiger partial charge in [0.15, 0.2) is 18.1 Å². The molecule has 0 heterocycles. The Morgan fingerprint density at radius 2 is 1.87 bits per heavy atom. The van der Waals surface area contributed by atoms with Crippen LogP contribution in [-0.4, -0.2) is 32.2 Å². The molecule has 2 aromatic carbocycles. The number of ether oxygens (including phenoxy) is 3. The lowest BCUT2D eigenvalue weighted by Gasteiger charge is -2.13. The van der Waals surface area contributed by atoms with Gasteiger partial charge in [-0.25, -0.2) is 4.79 Å². The van der Waals surface area contributed by atoms with E-state index in [2.05, 4.69) is 26.0 Å². The van der Waals surface area contributed by atoms with Crippen LogP contribution < -0.4 is 14.8 Å². The highest BCUT2D eigenvalue weighted by atomic mass is 79.9. The Morgan fingerprint density at radius 1 is 1.20 bits per heavy atom. The van der Waals surface area contributed by atoms with Gasteiger partial charge in [0.1, 0.15) is 11.6 Å². The quantitative estimate of drug-likeness (QED) is 0.328. The summed E-state index contributed by atoms with van der Waals surface area (Å²) < 4.78 is 16.1. The molecule has 0 spiro atoms. The van der Waals surface area contributed by atoms with Crippen molar-refractivity contribution < 1.29 is 23.8 Å². The van der Waals surface area contributed by atoms with E-state index in [1.165, 1.54) is 13.2 Å². The van der Waals surface area contributed by atoms with Gasteiger partial charge in [-0.3, -0.25) is 4.79 Å². The van der Waals surface area contributed by atoms with Crippen molar-refractivity contribution in [1.82, 2.24) is 0 Å². The molecule has 0 unspecified atom stereocenters. The molecule has 2 aromatic rings. The first kappa shape index (κ1) is 23.3. The summed E-state index contributed by atoms with van der Waals surface area (Å²) in [5.74, 6) is -0.444. The molecule has 7 nitrogen and oxygen atoms in total. The Labute approximate surface area is 187 Å². The first-order chi connectivity index (χ1) is 14.4. The van der Waals surface area contributed by atoms with Gasteiger partial charge >= 0.3 is 5.97 Å². The highest BCUT2D eigenvalue weighted by molar-refractivity contribution is 9.10. The van der Waals surface area contributed by atoms with E-state index in [9.17, 15) is 14.9 Å². The summed E-state index contributed by atoms with van der Waals surface area (Å²) in [5, 5.41) is 12.6. The maximum absolute atomic E-state index is 12.5. The fourth-order valence-corrected chi connectivity index (χ4v) is 2.84. The van der Waals surface area contributed by atoms with Gasteiger partial charge in [0.25, 0.3) is 5.91 Å². The maximum atomic E-state index is 12.5. The number of nitrogens with one attached hydrogen (secondary N) is 1. The monoisotopic (exact) mass is 492 g/mol. The molecule has 1 N–H and O–H groups in total. The molecule has 0 atom stereocenters. The minimum atomic E-state index is -0.573. The number of carbonyl (C=O) groups is 2. The van der Waals surface area contributed by atoms with E-state index in [4.69, 9.17) is 21.1 Å². The number of carbonyl (C=O) groups excluding carboxylic acids is 2. The molecule has 1 amide bonds. The smallest absolute Gasteiger partial charge is 0.343 e. The van der Waals surface area contributed by atoms with Gasteiger partial charge in [-0.1, -0.05) is 27.5 Å². The van der Waals surface area contributed by atoms with E-state index < -0.39 is 11.9 Å². The van der Waals surface area contributed by atoms with E-state index in [1.54, 1.807) is 43.3 Å². The number of amides is 1. The molecular formula is C21H18BrClN2O5. The zero-order valence-corrected chi connectivity index (χ0v) is 18.5. The number of methoxy groups -OCH3 is 1. The SMILES string of the molecule is CCOc1cc(/C=C(\C#N)C(=O)Nc2ccc(Cl)cc2)c(Br)cc1OCC(=O)OC. The van der Waals surface area contributed by atoms with E-state index in [0.29, 0.717) is 38.9 Å². The molecule has 156 valence electrons. The third-order valence-electron chi connectivity index (χ3n) is 3.70. The summed E-state index contributed by atoms with van der Waals surface area (Å²) in [6.07, 6.45) is 1.42. The van der Waals surface area contributed by atoms with Crippen LogP contribution in [0, 0.1) is 11.3 Å². The lowest BCUT2D eigenvalue weighted by molar-refractivity contribution is -0.142. The highest BCUT2D eigenvalue weighted by Gasteiger charge is 2.15. The summed E-state index contributed by atoms with van der Waals surface area (Å²) >= 11 is 9.22. The van der Waals surface area contributed by atoms with Crippen molar-refractivity contribution in [3.8, 4) is 17.6 Å². The number of benzene rings is 2. The topological polar surface area (TPSA) is 97.6 Å². The summed E-state index contributed by atoms with van der Waals surface area (Å²) in [5.41, 5.74) is 0.911. The molecule has 0 aromatic heterocycles. The standard InChI is InChI=1S/C21H18BrClN2O5/c1-3-29-18-9-13(17(22)10-19(18)30-12-20(26)28-2)8-14(11-24)21(27)25-16-6-4-15(23)5-7-16/h4-10H,3,12H2,1-2H3,(H,25,27)/b14-8+. The van der Waals surface area contributed by atoms with Crippen LogP contribution in [-0.2, 0) is 14.3 Å². The molecule has 2 rings (SSSR count). The number of hydrogen-bond acceptors (Lipinski definition) is 6. The fraction of sp³-hybridized carbons (Fsp3) is 0.190. The predicted molar refractivity (Wildman–Crippen MR) is 116 cm³/mol. The number of anilines is 1. The third kappa shape index (κ3) is 6.51. The van der Waals surface area contributed by atoms with Crippen LogP contribution in [0.1, 0.15) is 12.5 Å². The third-order valence-corrected chi connectivity index (χ3v) is 4.64. The first-order valence-corrected chi connectivity index (χ1v) is 9.89. The summed E-state index contributed by atoms with van der Waals surface area (Å²) in [4.78, 5) is 23.8. The van der Waals surface area contributed by atoms with E-state index in [0.717, 1.165) is 0 Å². The Kier molecular flexibility index (Phi) is 8.71. The van der Waals surface area contributed by atoms with Gasteiger partial charge in [0, 0.05) is 15.2 Å². The molecular weight excluding hydrogens is 476 g/mol. The average molecular weight is 494 g/mol. The maximum Gasteiger partial charge on any atom is 0.343 e. The first-order valence-electron chi connectivity index (χ1n) is 8.72. The number of esters is 1. The van der Waals surface area contributed by atoms with Gasteiger partial charge in [-0.2, -0.15) is 5.26 Å². The largest absolute Gasteiger partial charge is 0.490 e. The molecule has 30 heavy (non-hydrogen) atoms. The normalized spacial score (nSPS) is 10.7. The second-order valence-corrected chi connectivity index (χ2v) is 7.04. The Balaban J connectivity index is 2.30. The summed E-state index contributed by atoms with van der Waals surface area (Å²) in [7, 11) is 1.26. The number of hydrogen-bond donors (Lipinski definition) is 1. The Hall–Kier alpha value is -3.02. The number of nitriles is 1. The molecule has 0 aliphatic carbocycles. The molecule has 0 bridgehead atoms. The minimum absolute atomic E-state index is 0.115. The second-order valence-electron chi connectivity index (χ2n) is 5.75. The zero-order chi connectivity index (χ0) is 22.1.